The smallest absolute Gasteiger partial charge is 0.223 e. The van der Waals surface area contributed by atoms with E-state index in [9.17, 15) is 13.2 Å². The Morgan fingerprint density at radius 2 is 1.50 bits per heavy atom. The van der Waals surface area contributed by atoms with Gasteiger partial charge in [-0.25, -0.2) is 8.42 Å². The van der Waals surface area contributed by atoms with Crippen LogP contribution in [0.15, 0.2) is 0 Å². The molecule has 0 unspecified atom stereocenters. The Morgan fingerprint density at radius 1 is 1.00 bits per heavy atom. The van der Waals surface area contributed by atoms with E-state index in [1.165, 1.54) is 38.5 Å². The van der Waals surface area contributed by atoms with E-state index in [1.807, 2.05) is 18.7 Å². The van der Waals surface area contributed by atoms with Crippen LogP contribution in [-0.2, 0) is 14.6 Å². The first-order valence-electron chi connectivity index (χ1n) is 10.7. The van der Waals surface area contributed by atoms with Gasteiger partial charge in [0.15, 0.2) is 9.84 Å². The van der Waals surface area contributed by atoms with Gasteiger partial charge in [0.2, 0.25) is 5.91 Å². The average molecular weight is 382 g/mol. The molecule has 5 aliphatic rings. The number of carbonyl (C=O) groups excluding carboxylic acids is 1. The molecule has 148 valence electrons. The lowest BCUT2D eigenvalue weighted by Gasteiger charge is -2.57. The number of likely N-dealkylation sites (tertiary alicyclic amines) is 1. The Bertz CT molecular complexity index is 611. The summed E-state index contributed by atoms with van der Waals surface area (Å²) in [4.78, 5) is 15.0. The highest BCUT2D eigenvalue weighted by molar-refractivity contribution is 7.92. The minimum Gasteiger partial charge on any atom is -0.343 e. The highest BCUT2D eigenvalue weighted by Crippen LogP contribution is 2.61. The van der Waals surface area contributed by atoms with E-state index in [0.29, 0.717) is 31.8 Å². The molecule has 0 aromatic carbocycles. The number of amides is 1. The number of sulfone groups is 1. The summed E-state index contributed by atoms with van der Waals surface area (Å²) in [5, 5.41) is -0.242. The number of hydrogen-bond acceptors (Lipinski definition) is 3. The maximum absolute atomic E-state index is 13.0. The zero-order valence-corrected chi connectivity index (χ0v) is 17.3. The molecule has 1 aliphatic heterocycles. The normalized spacial score (nSPS) is 37.5. The number of carbonyl (C=O) groups is 1. The van der Waals surface area contributed by atoms with Crippen LogP contribution in [0.2, 0.25) is 0 Å². The van der Waals surface area contributed by atoms with Gasteiger partial charge in [-0.1, -0.05) is 13.8 Å². The quantitative estimate of drug-likeness (QED) is 0.730. The summed E-state index contributed by atoms with van der Waals surface area (Å²) in [5.41, 5.74) is 0.284. The fraction of sp³-hybridized carbons (Fsp3) is 0.952. The number of piperidine rings is 1. The van der Waals surface area contributed by atoms with Gasteiger partial charge in [-0.2, -0.15) is 0 Å². The summed E-state index contributed by atoms with van der Waals surface area (Å²) in [6, 6.07) is 0. The summed E-state index contributed by atoms with van der Waals surface area (Å²) >= 11 is 0. The third-order valence-corrected chi connectivity index (χ3v) is 10.2. The van der Waals surface area contributed by atoms with Crippen molar-refractivity contribution in [1.29, 1.82) is 0 Å². The van der Waals surface area contributed by atoms with Crippen molar-refractivity contribution < 1.29 is 13.2 Å². The van der Waals surface area contributed by atoms with Crippen LogP contribution >= 0.6 is 0 Å². The van der Waals surface area contributed by atoms with Gasteiger partial charge < -0.3 is 4.90 Å². The first-order valence-corrected chi connectivity index (χ1v) is 12.5. The van der Waals surface area contributed by atoms with Gasteiger partial charge in [-0.15, -0.1) is 0 Å². The van der Waals surface area contributed by atoms with Crippen LogP contribution in [0.1, 0.15) is 71.6 Å². The molecular formula is C21H35NO3S. The van der Waals surface area contributed by atoms with E-state index in [2.05, 4.69) is 0 Å². The zero-order valence-electron chi connectivity index (χ0n) is 16.5. The Kier molecular flexibility index (Phi) is 4.90. The lowest BCUT2D eigenvalue weighted by atomic mass is 9.49. The second-order valence-electron chi connectivity index (χ2n) is 10.4. The molecule has 5 rings (SSSR count). The second kappa shape index (κ2) is 6.79. The maximum atomic E-state index is 13.0. The number of hydrogen-bond donors (Lipinski definition) is 0. The Labute approximate surface area is 159 Å². The Hall–Kier alpha value is -0.580. The van der Waals surface area contributed by atoms with Gasteiger partial charge in [0, 0.05) is 19.5 Å². The van der Waals surface area contributed by atoms with Crippen LogP contribution in [0.4, 0.5) is 0 Å². The molecular weight excluding hydrogens is 346 g/mol. The van der Waals surface area contributed by atoms with E-state index in [0.717, 1.165) is 24.2 Å². The van der Waals surface area contributed by atoms with Crippen molar-refractivity contribution in [3.63, 3.8) is 0 Å². The van der Waals surface area contributed by atoms with Crippen LogP contribution < -0.4 is 0 Å². The van der Waals surface area contributed by atoms with Gasteiger partial charge in [0.1, 0.15) is 0 Å². The molecule has 1 heterocycles. The molecule has 0 radical (unpaired) electrons. The minimum absolute atomic E-state index is 0.177. The van der Waals surface area contributed by atoms with Crippen molar-refractivity contribution in [2.45, 2.75) is 76.9 Å². The Morgan fingerprint density at radius 3 is 1.96 bits per heavy atom. The second-order valence-corrected chi connectivity index (χ2v) is 12.7. The molecule has 1 amide bonds. The van der Waals surface area contributed by atoms with Crippen molar-refractivity contribution in [2.75, 3.05) is 18.8 Å². The van der Waals surface area contributed by atoms with Crippen molar-refractivity contribution >= 4 is 15.7 Å². The van der Waals surface area contributed by atoms with E-state index >= 15 is 0 Å². The summed E-state index contributed by atoms with van der Waals surface area (Å²) in [6.45, 7) is 5.18. The molecule has 4 bridgehead atoms. The highest BCUT2D eigenvalue weighted by Gasteiger charge is 2.51. The molecule has 5 heteroatoms. The topological polar surface area (TPSA) is 54.5 Å². The highest BCUT2D eigenvalue weighted by atomic mass is 32.2. The van der Waals surface area contributed by atoms with Crippen LogP contribution in [-0.4, -0.2) is 43.3 Å². The molecule has 0 spiro atoms. The molecule has 0 atom stereocenters. The molecule has 0 N–H and O–H groups in total. The first-order chi connectivity index (χ1) is 12.2. The van der Waals surface area contributed by atoms with Crippen molar-refractivity contribution in [1.82, 2.24) is 4.90 Å². The maximum Gasteiger partial charge on any atom is 0.223 e. The minimum atomic E-state index is -3.01. The molecule has 0 aromatic heterocycles. The Balaban J connectivity index is 1.33. The lowest BCUT2D eigenvalue weighted by molar-refractivity contribution is -0.140. The molecule has 4 saturated carbocycles. The predicted octanol–water partition coefficient (Wildman–Crippen LogP) is 3.65. The van der Waals surface area contributed by atoms with Crippen molar-refractivity contribution in [3.8, 4) is 0 Å². The summed E-state index contributed by atoms with van der Waals surface area (Å²) in [7, 11) is -3.01. The largest absolute Gasteiger partial charge is 0.343 e. The van der Waals surface area contributed by atoms with Crippen LogP contribution in [0.5, 0.6) is 0 Å². The lowest BCUT2D eigenvalue weighted by Crippen LogP contribution is -2.50. The van der Waals surface area contributed by atoms with E-state index in [1.54, 1.807) is 0 Å². The monoisotopic (exact) mass is 381 g/mol. The summed E-state index contributed by atoms with van der Waals surface area (Å²) in [5.74, 6) is 3.38. The summed E-state index contributed by atoms with van der Waals surface area (Å²) in [6.07, 6.45) is 10.0. The fourth-order valence-corrected chi connectivity index (χ4v) is 9.13. The number of rotatable bonds is 5. The van der Waals surface area contributed by atoms with Gasteiger partial charge in [-0.3, -0.25) is 4.79 Å². The third-order valence-electron chi connectivity index (χ3n) is 7.56. The first kappa shape index (κ1) is 18.8. The standard InChI is InChI=1S/C21H35NO3S/c1-15(2)14-26(24,25)19-3-5-22(6-4-19)20(23)13-21-10-16-7-17(11-21)9-18(8-16)12-21/h15-19H,3-14H2,1-2H3. The van der Waals surface area contributed by atoms with E-state index in [-0.39, 0.29) is 22.3 Å². The third kappa shape index (κ3) is 3.70. The van der Waals surface area contributed by atoms with E-state index < -0.39 is 9.84 Å². The molecule has 4 nitrogen and oxygen atoms in total. The zero-order chi connectivity index (χ0) is 18.5. The van der Waals surface area contributed by atoms with Crippen molar-refractivity contribution in [2.24, 2.45) is 29.1 Å². The molecule has 4 aliphatic carbocycles. The SMILES string of the molecule is CC(C)CS(=O)(=O)C1CCN(C(=O)CC23CC4CC(CC(C4)C2)C3)CC1. The molecule has 0 aromatic rings. The van der Waals surface area contributed by atoms with Crippen LogP contribution in [0, 0.1) is 29.1 Å². The predicted molar refractivity (Wildman–Crippen MR) is 103 cm³/mol. The average Bonchev–Trinajstić information content (AvgIpc) is 2.52. The molecule has 1 saturated heterocycles. The van der Waals surface area contributed by atoms with Crippen LogP contribution in [0.3, 0.4) is 0 Å². The van der Waals surface area contributed by atoms with Crippen LogP contribution in [0.25, 0.3) is 0 Å². The van der Waals surface area contributed by atoms with Gasteiger partial charge in [0.05, 0.1) is 11.0 Å². The van der Waals surface area contributed by atoms with E-state index in [4.69, 9.17) is 0 Å². The molecule has 5 fully saturated rings. The van der Waals surface area contributed by atoms with Gasteiger partial charge in [-0.05, 0) is 80.5 Å². The number of nitrogens with zero attached hydrogens (tertiary/aromatic N) is 1. The summed E-state index contributed by atoms with van der Waals surface area (Å²) < 4.78 is 24.9. The van der Waals surface area contributed by atoms with Gasteiger partial charge >= 0.3 is 0 Å². The fourth-order valence-electron chi connectivity index (χ4n) is 7.00. The van der Waals surface area contributed by atoms with Crippen molar-refractivity contribution in [3.05, 3.63) is 0 Å². The molecule has 26 heavy (non-hydrogen) atoms. The van der Waals surface area contributed by atoms with Gasteiger partial charge in [0.25, 0.3) is 0 Å².